The van der Waals surface area contributed by atoms with Gasteiger partial charge in [0.15, 0.2) is 0 Å². The van der Waals surface area contributed by atoms with E-state index in [1.165, 1.54) is 23.5 Å². The summed E-state index contributed by atoms with van der Waals surface area (Å²) in [6, 6.07) is 15.2. The van der Waals surface area contributed by atoms with Gasteiger partial charge in [-0.05, 0) is 66.8 Å². The van der Waals surface area contributed by atoms with Crippen LogP contribution in [0.1, 0.15) is 20.8 Å². The van der Waals surface area contributed by atoms with E-state index < -0.39 is 10.0 Å². The number of benzene rings is 2. The monoisotopic (exact) mass is 386 g/mol. The molecule has 1 heterocycles. The summed E-state index contributed by atoms with van der Waals surface area (Å²) in [6.07, 6.45) is 0. The normalized spacial score (nSPS) is 11.2. The predicted octanol–water partition coefficient (Wildman–Crippen LogP) is 4.42. The first kappa shape index (κ1) is 18.2. The molecule has 7 heteroatoms. The van der Waals surface area contributed by atoms with E-state index >= 15 is 0 Å². The van der Waals surface area contributed by atoms with Crippen molar-refractivity contribution in [3.63, 3.8) is 0 Å². The first-order chi connectivity index (χ1) is 12.3. The van der Waals surface area contributed by atoms with Crippen LogP contribution >= 0.6 is 11.3 Å². The van der Waals surface area contributed by atoms with Gasteiger partial charge in [0.2, 0.25) is 0 Å². The zero-order valence-corrected chi connectivity index (χ0v) is 15.9. The average Bonchev–Trinajstić information content (AvgIpc) is 3.13. The molecule has 1 aromatic heterocycles. The molecule has 1 amide bonds. The molecule has 0 aliphatic rings. The maximum atomic E-state index is 12.6. The molecule has 26 heavy (non-hydrogen) atoms. The molecular formula is C19H18N2O3S2. The third kappa shape index (κ3) is 4.12. The fourth-order valence-corrected chi connectivity index (χ4v) is 4.11. The van der Waals surface area contributed by atoms with Crippen molar-refractivity contribution in [1.29, 1.82) is 0 Å². The Hall–Kier alpha value is -2.64. The minimum absolute atomic E-state index is 0.132. The molecule has 2 aromatic carbocycles. The summed E-state index contributed by atoms with van der Waals surface area (Å²) in [6.45, 7) is 3.75. The lowest BCUT2D eigenvalue weighted by Gasteiger charge is -2.12. The largest absolute Gasteiger partial charge is 0.321 e. The number of aryl methyl sites for hydroxylation is 2. The number of hydrogen-bond donors (Lipinski definition) is 2. The van der Waals surface area contributed by atoms with Gasteiger partial charge in [-0.3, -0.25) is 9.52 Å². The number of rotatable bonds is 5. The molecule has 0 saturated carbocycles. The Labute approximate surface area is 156 Å². The molecule has 0 aliphatic heterocycles. The van der Waals surface area contributed by atoms with Crippen LogP contribution in [-0.2, 0) is 10.0 Å². The number of carbonyl (C=O) groups excluding carboxylic acids is 1. The molecule has 0 spiro atoms. The predicted molar refractivity (Wildman–Crippen MR) is 105 cm³/mol. The fourth-order valence-electron chi connectivity index (χ4n) is 2.37. The summed E-state index contributed by atoms with van der Waals surface area (Å²) in [5.74, 6) is -0.218. The van der Waals surface area contributed by atoms with Gasteiger partial charge in [0.1, 0.15) is 0 Å². The van der Waals surface area contributed by atoms with Gasteiger partial charge in [0.25, 0.3) is 15.9 Å². The van der Waals surface area contributed by atoms with Gasteiger partial charge in [0.05, 0.1) is 15.5 Å². The van der Waals surface area contributed by atoms with Crippen LogP contribution in [0.5, 0.6) is 0 Å². The molecule has 3 rings (SSSR count). The van der Waals surface area contributed by atoms with Crippen LogP contribution in [0, 0.1) is 13.8 Å². The Morgan fingerprint density at radius 2 is 1.73 bits per heavy atom. The van der Waals surface area contributed by atoms with Crippen LogP contribution in [0.15, 0.2) is 64.9 Å². The minimum atomic E-state index is -3.70. The van der Waals surface area contributed by atoms with Crippen molar-refractivity contribution in [2.75, 3.05) is 10.0 Å². The van der Waals surface area contributed by atoms with Crippen molar-refractivity contribution in [3.8, 4) is 0 Å². The quantitative estimate of drug-likeness (QED) is 0.682. The van der Waals surface area contributed by atoms with E-state index in [1.807, 2.05) is 31.4 Å². The first-order valence-electron chi connectivity index (χ1n) is 7.90. The molecule has 5 nitrogen and oxygen atoms in total. The second-order valence-corrected chi connectivity index (χ2v) is 8.51. The van der Waals surface area contributed by atoms with Crippen LogP contribution in [0.25, 0.3) is 0 Å². The summed E-state index contributed by atoms with van der Waals surface area (Å²) in [7, 11) is -3.70. The first-order valence-corrected chi connectivity index (χ1v) is 10.3. The lowest BCUT2D eigenvalue weighted by Crippen LogP contribution is -2.14. The van der Waals surface area contributed by atoms with Gasteiger partial charge in [-0.1, -0.05) is 18.2 Å². The highest BCUT2D eigenvalue weighted by Gasteiger charge is 2.16. The summed E-state index contributed by atoms with van der Waals surface area (Å²) in [5.41, 5.74) is 2.91. The zero-order valence-electron chi connectivity index (χ0n) is 14.3. The fraction of sp³-hybridized carbons (Fsp3) is 0.105. The Bertz CT molecular complexity index is 1030. The second kappa shape index (κ2) is 7.31. The van der Waals surface area contributed by atoms with Crippen molar-refractivity contribution < 1.29 is 13.2 Å². The number of thiophene rings is 1. The number of nitrogens with one attached hydrogen (secondary N) is 2. The summed E-state index contributed by atoms with van der Waals surface area (Å²) >= 11 is 1.34. The highest BCUT2D eigenvalue weighted by molar-refractivity contribution is 7.92. The van der Waals surface area contributed by atoms with E-state index in [0.29, 0.717) is 16.3 Å². The molecule has 0 aliphatic carbocycles. The Morgan fingerprint density at radius 3 is 2.38 bits per heavy atom. The summed E-state index contributed by atoms with van der Waals surface area (Å²) in [4.78, 5) is 12.8. The number of sulfonamides is 1. The highest BCUT2D eigenvalue weighted by Crippen LogP contribution is 2.22. The molecule has 2 N–H and O–H groups in total. The van der Waals surface area contributed by atoms with Crippen LogP contribution < -0.4 is 10.0 Å². The lowest BCUT2D eigenvalue weighted by atomic mass is 10.1. The molecule has 0 fully saturated rings. The molecule has 0 bridgehead atoms. The molecule has 134 valence electrons. The standard InChI is InChI=1S/C19H18N2O3S2/c1-13-5-6-14(2)17(12-13)21-26(23,24)16-9-7-15(8-10-16)20-19(22)18-4-3-11-25-18/h3-12,21H,1-2H3,(H,20,22). The number of hydrogen-bond acceptors (Lipinski definition) is 4. The van der Waals surface area contributed by atoms with Gasteiger partial charge < -0.3 is 5.32 Å². The number of carbonyl (C=O) groups is 1. The maximum absolute atomic E-state index is 12.6. The van der Waals surface area contributed by atoms with E-state index in [2.05, 4.69) is 10.0 Å². The van der Waals surface area contributed by atoms with Crippen molar-refractivity contribution in [2.24, 2.45) is 0 Å². The average molecular weight is 386 g/mol. The van der Waals surface area contributed by atoms with Crippen LogP contribution in [0.2, 0.25) is 0 Å². The number of amides is 1. The molecule has 0 saturated heterocycles. The third-order valence-corrected chi connectivity index (χ3v) is 6.05. The Kier molecular flexibility index (Phi) is 5.11. The van der Waals surface area contributed by atoms with Crippen LogP contribution in [0.3, 0.4) is 0 Å². The van der Waals surface area contributed by atoms with Gasteiger partial charge in [-0.15, -0.1) is 11.3 Å². The van der Waals surface area contributed by atoms with Gasteiger partial charge in [-0.25, -0.2) is 8.42 Å². The molecule has 0 atom stereocenters. The second-order valence-electron chi connectivity index (χ2n) is 5.88. The molecule has 0 radical (unpaired) electrons. The molecule has 3 aromatic rings. The van der Waals surface area contributed by atoms with E-state index in [9.17, 15) is 13.2 Å². The van der Waals surface area contributed by atoms with Crippen LogP contribution in [-0.4, -0.2) is 14.3 Å². The van der Waals surface area contributed by atoms with E-state index in [4.69, 9.17) is 0 Å². The maximum Gasteiger partial charge on any atom is 0.265 e. The third-order valence-electron chi connectivity index (χ3n) is 3.80. The van der Waals surface area contributed by atoms with Crippen molar-refractivity contribution in [2.45, 2.75) is 18.7 Å². The van der Waals surface area contributed by atoms with E-state index in [-0.39, 0.29) is 10.8 Å². The van der Waals surface area contributed by atoms with Crippen LogP contribution in [0.4, 0.5) is 11.4 Å². The highest BCUT2D eigenvalue weighted by atomic mass is 32.2. The summed E-state index contributed by atoms with van der Waals surface area (Å²) < 4.78 is 27.8. The van der Waals surface area contributed by atoms with E-state index in [0.717, 1.165) is 11.1 Å². The topological polar surface area (TPSA) is 75.3 Å². The van der Waals surface area contributed by atoms with Gasteiger partial charge in [-0.2, -0.15) is 0 Å². The Morgan fingerprint density at radius 1 is 1.00 bits per heavy atom. The number of anilines is 2. The molecular weight excluding hydrogens is 368 g/mol. The van der Waals surface area contributed by atoms with Crippen molar-refractivity contribution >= 4 is 38.6 Å². The van der Waals surface area contributed by atoms with Gasteiger partial charge >= 0.3 is 0 Å². The van der Waals surface area contributed by atoms with Crippen molar-refractivity contribution in [3.05, 3.63) is 76.0 Å². The van der Waals surface area contributed by atoms with Gasteiger partial charge in [0, 0.05) is 5.69 Å². The molecule has 0 unspecified atom stereocenters. The zero-order chi connectivity index (χ0) is 18.7. The SMILES string of the molecule is Cc1ccc(C)c(NS(=O)(=O)c2ccc(NC(=O)c3cccs3)cc2)c1. The minimum Gasteiger partial charge on any atom is -0.321 e. The smallest absolute Gasteiger partial charge is 0.265 e. The summed E-state index contributed by atoms with van der Waals surface area (Å²) in [5, 5.41) is 4.57. The van der Waals surface area contributed by atoms with E-state index in [1.54, 1.807) is 30.3 Å². The van der Waals surface area contributed by atoms with Crippen molar-refractivity contribution in [1.82, 2.24) is 0 Å². The lowest BCUT2D eigenvalue weighted by molar-refractivity contribution is 0.103. The Balaban J connectivity index is 1.76.